The summed E-state index contributed by atoms with van der Waals surface area (Å²) in [5.74, 6) is -0.565. The average Bonchev–Trinajstić information content (AvgIpc) is 3.07. The molecule has 2 fully saturated rings. The number of thioether (sulfide) groups is 1. The third kappa shape index (κ3) is 2.99. The molecule has 22 heavy (non-hydrogen) atoms. The molecular formula is C15H15FN2O3S. The maximum Gasteiger partial charge on any atom is 0.227 e. The number of rotatable bonds is 3. The smallest absolute Gasteiger partial charge is 0.227 e. The minimum Gasteiger partial charge on any atom is -0.345 e. The number of hydrogen-bond acceptors (Lipinski definition) is 4. The number of carbonyl (C=O) groups is 3. The number of benzene rings is 1. The first-order valence-electron chi connectivity index (χ1n) is 7.07. The van der Waals surface area contributed by atoms with E-state index in [0.29, 0.717) is 12.1 Å². The second-order valence-corrected chi connectivity index (χ2v) is 6.50. The molecule has 2 saturated heterocycles. The summed E-state index contributed by atoms with van der Waals surface area (Å²) in [4.78, 5) is 37.3. The van der Waals surface area contributed by atoms with Crippen LogP contribution in [0.5, 0.6) is 0 Å². The topological polar surface area (TPSA) is 66.5 Å². The number of halogens is 1. The fraction of sp³-hybridized carbons (Fsp3) is 0.400. The Bertz CT molecular complexity index is 620. The normalized spacial score (nSPS) is 24.9. The van der Waals surface area contributed by atoms with E-state index in [-0.39, 0.29) is 35.7 Å². The van der Waals surface area contributed by atoms with Crippen molar-refractivity contribution >= 4 is 34.4 Å². The van der Waals surface area contributed by atoms with Crippen molar-refractivity contribution in [1.82, 2.24) is 5.32 Å². The first-order valence-corrected chi connectivity index (χ1v) is 8.06. The van der Waals surface area contributed by atoms with Gasteiger partial charge in [0.1, 0.15) is 5.82 Å². The van der Waals surface area contributed by atoms with Crippen LogP contribution in [0.25, 0.3) is 0 Å². The van der Waals surface area contributed by atoms with Crippen LogP contribution >= 0.6 is 11.8 Å². The maximum absolute atomic E-state index is 12.9. The van der Waals surface area contributed by atoms with Crippen molar-refractivity contribution in [3.63, 3.8) is 0 Å². The van der Waals surface area contributed by atoms with Gasteiger partial charge < -0.3 is 10.2 Å². The zero-order valence-electron chi connectivity index (χ0n) is 11.8. The molecule has 7 heteroatoms. The van der Waals surface area contributed by atoms with Crippen molar-refractivity contribution < 1.29 is 18.8 Å². The highest BCUT2D eigenvalue weighted by molar-refractivity contribution is 8.14. The van der Waals surface area contributed by atoms with Gasteiger partial charge in [-0.05, 0) is 30.7 Å². The maximum atomic E-state index is 12.9. The highest BCUT2D eigenvalue weighted by Crippen LogP contribution is 2.26. The van der Waals surface area contributed by atoms with Crippen LogP contribution in [0, 0.1) is 11.7 Å². The van der Waals surface area contributed by atoms with Gasteiger partial charge in [-0.3, -0.25) is 14.4 Å². The number of anilines is 1. The summed E-state index contributed by atoms with van der Waals surface area (Å²) in [7, 11) is 0. The standard InChI is InChI=1S/C15H15FN2O3S/c16-10-1-3-11(4-2-10)18-8-9(7-13(18)19)14(20)17-12-5-6-22-15(12)21/h1-4,9,12H,5-8H2,(H,17,20)/t9-,12+/m1/s1. The zero-order chi connectivity index (χ0) is 15.7. The molecule has 2 atom stereocenters. The third-order valence-electron chi connectivity index (χ3n) is 3.89. The Kier molecular flexibility index (Phi) is 4.15. The minimum absolute atomic E-state index is 0.0203. The van der Waals surface area contributed by atoms with Gasteiger partial charge in [0, 0.05) is 24.4 Å². The van der Waals surface area contributed by atoms with Crippen molar-refractivity contribution in [3.05, 3.63) is 30.1 Å². The Morgan fingerprint density at radius 3 is 2.64 bits per heavy atom. The summed E-state index contributed by atoms with van der Waals surface area (Å²) >= 11 is 1.22. The highest BCUT2D eigenvalue weighted by atomic mass is 32.2. The molecule has 0 radical (unpaired) electrons. The van der Waals surface area contributed by atoms with Gasteiger partial charge >= 0.3 is 0 Å². The van der Waals surface area contributed by atoms with E-state index in [1.807, 2.05) is 0 Å². The second-order valence-electron chi connectivity index (χ2n) is 5.40. The molecule has 2 aliphatic heterocycles. The molecule has 0 aromatic heterocycles. The SMILES string of the molecule is O=C(N[C@H]1CCSC1=O)[C@@H]1CC(=O)N(c2ccc(F)cc2)C1. The summed E-state index contributed by atoms with van der Waals surface area (Å²) in [6.45, 7) is 0.254. The summed E-state index contributed by atoms with van der Waals surface area (Å²) in [5.41, 5.74) is 0.578. The number of nitrogens with one attached hydrogen (secondary N) is 1. The van der Waals surface area contributed by atoms with Gasteiger partial charge in [-0.2, -0.15) is 0 Å². The molecule has 0 bridgehead atoms. The summed E-state index contributed by atoms with van der Waals surface area (Å²) in [6, 6.07) is 5.16. The van der Waals surface area contributed by atoms with E-state index in [1.54, 1.807) is 0 Å². The van der Waals surface area contributed by atoms with E-state index in [1.165, 1.54) is 40.9 Å². The van der Waals surface area contributed by atoms with Gasteiger partial charge in [-0.25, -0.2) is 4.39 Å². The van der Waals surface area contributed by atoms with Crippen LogP contribution in [-0.2, 0) is 14.4 Å². The second kappa shape index (κ2) is 6.08. The molecule has 0 aliphatic carbocycles. The molecule has 0 unspecified atom stereocenters. The van der Waals surface area contributed by atoms with Crippen LogP contribution in [-0.4, -0.2) is 35.3 Å². The van der Waals surface area contributed by atoms with Gasteiger partial charge in [-0.1, -0.05) is 11.8 Å². The Morgan fingerprint density at radius 1 is 1.27 bits per heavy atom. The van der Waals surface area contributed by atoms with E-state index in [9.17, 15) is 18.8 Å². The largest absolute Gasteiger partial charge is 0.345 e. The Hall–Kier alpha value is -1.89. The van der Waals surface area contributed by atoms with E-state index in [0.717, 1.165) is 5.75 Å². The van der Waals surface area contributed by atoms with Crippen LogP contribution in [0.15, 0.2) is 24.3 Å². The van der Waals surface area contributed by atoms with Gasteiger partial charge in [0.05, 0.1) is 12.0 Å². The van der Waals surface area contributed by atoms with Crippen molar-refractivity contribution in [2.45, 2.75) is 18.9 Å². The molecule has 2 amide bonds. The number of nitrogens with zero attached hydrogens (tertiary/aromatic N) is 1. The molecule has 1 aromatic rings. The molecule has 116 valence electrons. The monoisotopic (exact) mass is 322 g/mol. The molecule has 1 N–H and O–H groups in total. The molecule has 3 rings (SSSR count). The van der Waals surface area contributed by atoms with Crippen LogP contribution in [0.2, 0.25) is 0 Å². The number of amides is 2. The molecule has 0 saturated carbocycles. The predicted octanol–water partition coefficient (Wildman–Crippen LogP) is 1.33. The van der Waals surface area contributed by atoms with Crippen molar-refractivity contribution in [2.75, 3.05) is 17.2 Å². The highest BCUT2D eigenvalue weighted by Gasteiger charge is 2.37. The van der Waals surface area contributed by atoms with Crippen LogP contribution in [0.1, 0.15) is 12.8 Å². The van der Waals surface area contributed by atoms with Crippen molar-refractivity contribution in [1.29, 1.82) is 0 Å². The van der Waals surface area contributed by atoms with Crippen LogP contribution in [0.4, 0.5) is 10.1 Å². The fourth-order valence-corrected chi connectivity index (χ4v) is 3.60. The van der Waals surface area contributed by atoms with Gasteiger partial charge in [0.15, 0.2) is 0 Å². The summed E-state index contributed by atoms with van der Waals surface area (Å²) in [5, 5.41) is 2.70. The fourth-order valence-electron chi connectivity index (χ4n) is 2.67. The van der Waals surface area contributed by atoms with Gasteiger partial charge in [-0.15, -0.1) is 0 Å². The Labute approximate surface area is 131 Å². The van der Waals surface area contributed by atoms with E-state index >= 15 is 0 Å². The van der Waals surface area contributed by atoms with Gasteiger partial charge in [0.2, 0.25) is 16.9 Å². The average molecular weight is 322 g/mol. The molecule has 5 nitrogen and oxygen atoms in total. The lowest BCUT2D eigenvalue weighted by Gasteiger charge is -2.17. The van der Waals surface area contributed by atoms with Crippen LogP contribution < -0.4 is 10.2 Å². The van der Waals surface area contributed by atoms with E-state index in [2.05, 4.69) is 5.32 Å². The first-order chi connectivity index (χ1) is 10.5. The molecule has 0 spiro atoms. The Balaban J connectivity index is 1.65. The van der Waals surface area contributed by atoms with E-state index < -0.39 is 12.0 Å². The lowest BCUT2D eigenvalue weighted by Crippen LogP contribution is -2.41. The lowest BCUT2D eigenvalue weighted by atomic mass is 10.1. The summed E-state index contributed by atoms with van der Waals surface area (Å²) in [6.07, 6.45) is 0.745. The molecule has 2 aliphatic rings. The predicted molar refractivity (Wildman–Crippen MR) is 80.9 cm³/mol. The third-order valence-corrected chi connectivity index (χ3v) is 4.89. The van der Waals surface area contributed by atoms with Crippen molar-refractivity contribution in [3.8, 4) is 0 Å². The first kappa shape index (κ1) is 15.0. The number of carbonyl (C=O) groups excluding carboxylic acids is 3. The number of hydrogen-bond donors (Lipinski definition) is 1. The van der Waals surface area contributed by atoms with E-state index in [4.69, 9.17) is 0 Å². The zero-order valence-corrected chi connectivity index (χ0v) is 12.6. The van der Waals surface area contributed by atoms with Crippen LogP contribution in [0.3, 0.4) is 0 Å². The molecule has 2 heterocycles. The molecular weight excluding hydrogens is 307 g/mol. The van der Waals surface area contributed by atoms with Gasteiger partial charge in [0.25, 0.3) is 0 Å². The summed E-state index contributed by atoms with van der Waals surface area (Å²) < 4.78 is 12.9. The quantitative estimate of drug-likeness (QED) is 0.912. The van der Waals surface area contributed by atoms with Crippen molar-refractivity contribution in [2.24, 2.45) is 5.92 Å². The Morgan fingerprint density at radius 2 is 2.00 bits per heavy atom. The lowest BCUT2D eigenvalue weighted by molar-refractivity contribution is -0.128. The minimum atomic E-state index is -0.476. The molecule has 1 aromatic carbocycles.